The third-order valence-corrected chi connectivity index (χ3v) is 4.06. The van der Waals surface area contributed by atoms with Crippen LogP contribution < -0.4 is 21.1 Å². The molecule has 0 fully saturated rings. The predicted octanol–water partition coefficient (Wildman–Crippen LogP) is 3.23. The van der Waals surface area contributed by atoms with E-state index in [4.69, 9.17) is 10.5 Å². The molecular weight excluding hydrogens is 531 g/mol. The van der Waals surface area contributed by atoms with Crippen LogP contribution in [-0.2, 0) is 23.9 Å². The minimum Gasteiger partial charge on any atom is -0.484 e. The van der Waals surface area contributed by atoms with E-state index in [0.29, 0.717) is 30.7 Å². The Bertz CT molecular complexity index is 890. The van der Waals surface area contributed by atoms with Crippen molar-refractivity contribution in [2.75, 3.05) is 20.2 Å². The molecule has 0 aromatic heterocycles. The topological polar surface area (TPSA) is 88.7 Å². The number of primary amides is 1. The summed E-state index contributed by atoms with van der Waals surface area (Å²) in [5, 5.41) is 5.80. The summed E-state index contributed by atoms with van der Waals surface area (Å²) in [6, 6.07) is 9.62. The van der Waals surface area contributed by atoms with Crippen molar-refractivity contribution in [1.82, 2.24) is 10.6 Å². The summed E-state index contributed by atoms with van der Waals surface area (Å²) in [5.74, 6) is -0.679. The summed E-state index contributed by atoms with van der Waals surface area (Å²) in [4.78, 5) is 14.7. The smallest absolute Gasteiger partial charge is 0.416 e. The van der Waals surface area contributed by atoms with Gasteiger partial charge in [-0.3, -0.25) is 9.79 Å². The second kappa shape index (κ2) is 12.3. The molecule has 6 nitrogen and oxygen atoms in total. The fourth-order valence-corrected chi connectivity index (χ4v) is 2.60. The number of aliphatic imine (C=N–C) groups is 1. The number of alkyl halides is 3. The molecule has 2 aromatic carbocycles. The Hall–Kier alpha value is -2.57. The van der Waals surface area contributed by atoms with Crippen molar-refractivity contribution in [2.24, 2.45) is 10.7 Å². The Balaban J connectivity index is 0.00000480. The van der Waals surface area contributed by atoms with Crippen LogP contribution in [0.3, 0.4) is 0 Å². The Morgan fingerprint density at radius 2 is 1.81 bits per heavy atom. The van der Waals surface area contributed by atoms with Crippen LogP contribution in [0, 0.1) is 5.82 Å². The number of guanidine groups is 1. The normalized spacial score (nSPS) is 11.5. The number of halogens is 5. The number of nitrogens with two attached hydrogens (primary N) is 1. The molecule has 0 aliphatic heterocycles. The van der Waals surface area contributed by atoms with Gasteiger partial charge in [-0.25, -0.2) is 4.39 Å². The van der Waals surface area contributed by atoms with Crippen molar-refractivity contribution >= 4 is 35.8 Å². The molecule has 2 rings (SSSR count). The molecule has 0 saturated carbocycles. The van der Waals surface area contributed by atoms with E-state index in [1.807, 2.05) is 12.1 Å². The average Bonchev–Trinajstić information content (AvgIpc) is 2.69. The summed E-state index contributed by atoms with van der Waals surface area (Å²) in [5.41, 5.74) is 4.88. The maximum absolute atomic E-state index is 13.2. The molecule has 0 heterocycles. The Labute approximate surface area is 194 Å². The van der Waals surface area contributed by atoms with Crippen LogP contribution in [0.4, 0.5) is 17.6 Å². The quantitative estimate of drug-likeness (QED) is 0.203. The molecule has 0 atom stereocenters. The van der Waals surface area contributed by atoms with Crippen LogP contribution in [0.5, 0.6) is 5.75 Å². The molecule has 0 aliphatic carbocycles. The summed E-state index contributed by atoms with van der Waals surface area (Å²) < 4.78 is 57.6. The van der Waals surface area contributed by atoms with Crippen molar-refractivity contribution in [1.29, 1.82) is 0 Å². The summed E-state index contributed by atoms with van der Waals surface area (Å²) in [6.45, 7) is 0.102. The van der Waals surface area contributed by atoms with Gasteiger partial charge in [0.15, 0.2) is 12.6 Å². The van der Waals surface area contributed by atoms with Crippen LogP contribution in [0.1, 0.15) is 16.7 Å². The zero-order chi connectivity index (χ0) is 22.1. The number of hydrogen-bond donors (Lipinski definition) is 3. The highest BCUT2D eigenvalue weighted by atomic mass is 127. The van der Waals surface area contributed by atoms with Crippen LogP contribution in [0.2, 0.25) is 0 Å². The average molecular weight is 554 g/mol. The minimum absolute atomic E-state index is 0. The molecule has 0 spiro atoms. The maximum atomic E-state index is 13.2. The first-order valence-electron chi connectivity index (χ1n) is 8.99. The van der Waals surface area contributed by atoms with Crippen molar-refractivity contribution in [3.05, 3.63) is 65.0 Å². The van der Waals surface area contributed by atoms with E-state index < -0.39 is 23.5 Å². The van der Waals surface area contributed by atoms with Gasteiger partial charge in [0.05, 0.1) is 5.56 Å². The number of carbonyl (C=O) groups is 1. The van der Waals surface area contributed by atoms with E-state index in [1.165, 1.54) is 7.05 Å². The summed E-state index contributed by atoms with van der Waals surface area (Å²) in [7, 11) is 1.50. The molecular formula is C20H23F4IN4O2. The second-order valence-electron chi connectivity index (χ2n) is 6.30. The number of rotatable bonds is 8. The fourth-order valence-electron chi connectivity index (χ4n) is 2.60. The van der Waals surface area contributed by atoms with E-state index >= 15 is 0 Å². The van der Waals surface area contributed by atoms with Gasteiger partial charge >= 0.3 is 6.18 Å². The standard InChI is InChI=1S/C20H22F4N4O2.HI/c1-26-19(28-11-14-4-5-15(21)10-17(14)20(22,23)24)27-9-8-13-2-6-16(7-3-13)30-12-18(25)29;/h2-7,10H,8-9,11-12H2,1H3,(H2,25,29)(H2,26,27,28);1H. The van der Waals surface area contributed by atoms with Crippen molar-refractivity contribution < 1.29 is 27.1 Å². The van der Waals surface area contributed by atoms with Crippen LogP contribution in [-0.4, -0.2) is 32.1 Å². The van der Waals surface area contributed by atoms with E-state index in [-0.39, 0.29) is 42.7 Å². The van der Waals surface area contributed by atoms with Crippen LogP contribution in [0.25, 0.3) is 0 Å². The lowest BCUT2D eigenvalue weighted by molar-refractivity contribution is -0.138. The monoisotopic (exact) mass is 554 g/mol. The molecule has 0 aliphatic rings. The second-order valence-corrected chi connectivity index (χ2v) is 6.30. The largest absolute Gasteiger partial charge is 0.484 e. The number of hydrogen-bond acceptors (Lipinski definition) is 3. The Morgan fingerprint density at radius 1 is 1.13 bits per heavy atom. The van der Waals surface area contributed by atoms with Crippen molar-refractivity contribution in [3.8, 4) is 5.75 Å². The number of amides is 1. The highest BCUT2D eigenvalue weighted by Crippen LogP contribution is 2.32. The lowest BCUT2D eigenvalue weighted by Crippen LogP contribution is -2.38. The van der Waals surface area contributed by atoms with Gasteiger partial charge in [0.1, 0.15) is 11.6 Å². The van der Waals surface area contributed by atoms with E-state index in [0.717, 1.165) is 17.7 Å². The SMILES string of the molecule is CN=C(NCCc1ccc(OCC(N)=O)cc1)NCc1ccc(F)cc1C(F)(F)F.I. The summed E-state index contributed by atoms with van der Waals surface area (Å²) >= 11 is 0. The molecule has 2 aromatic rings. The third kappa shape index (κ3) is 8.99. The van der Waals surface area contributed by atoms with Crippen LogP contribution in [0.15, 0.2) is 47.5 Å². The molecule has 170 valence electrons. The zero-order valence-corrected chi connectivity index (χ0v) is 19.0. The third-order valence-electron chi connectivity index (χ3n) is 4.06. The number of nitrogens with one attached hydrogen (secondary N) is 2. The first-order valence-corrected chi connectivity index (χ1v) is 8.99. The molecule has 1 amide bonds. The predicted molar refractivity (Wildman–Crippen MR) is 120 cm³/mol. The first-order chi connectivity index (χ1) is 14.2. The Morgan fingerprint density at radius 3 is 2.39 bits per heavy atom. The minimum atomic E-state index is -4.65. The van der Waals surface area contributed by atoms with E-state index in [2.05, 4.69) is 15.6 Å². The zero-order valence-electron chi connectivity index (χ0n) is 16.6. The molecule has 11 heteroatoms. The number of carbonyl (C=O) groups excluding carboxylic acids is 1. The first kappa shape index (κ1) is 26.5. The van der Waals surface area contributed by atoms with Gasteiger partial charge in [0, 0.05) is 20.1 Å². The molecule has 4 N–H and O–H groups in total. The van der Waals surface area contributed by atoms with Gasteiger partial charge in [-0.1, -0.05) is 18.2 Å². The van der Waals surface area contributed by atoms with Gasteiger partial charge in [-0.2, -0.15) is 13.2 Å². The molecule has 0 unspecified atom stereocenters. The Kier molecular flexibility index (Phi) is 10.5. The highest BCUT2D eigenvalue weighted by molar-refractivity contribution is 14.0. The molecule has 0 radical (unpaired) electrons. The highest BCUT2D eigenvalue weighted by Gasteiger charge is 2.33. The van der Waals surface area contributed by atoms with Gasteiger partial charge in [0.25, 0.3) is 5.91 Å². The van der Waals surface area contributed by atoms with Gasteiger partial charge in [0.2, 0.25) is 0 Å². The van der Waals surface area contributed by atoms with Gasteiger partial charge < -0.3 is 21.1 Å². The van der Waals surface area contributed by atoms with E-state index in [9.17, 15) is 22.4 Å². The van der Waals surface area contributed by atoms with Crippen molar-refractivity contribution in [3.63, 3.8) is 0 Å². The summed E-state index contributed by atoms with van der Waals surface area (Å²) in [6.07, 6.45) is -4.04. The maximum Gasteiger partial charge on any atom is 0.416 e. The number of benzene rings is 2. The van der Waals surface area contributed by atoms with E-state index in [1.54, 1.807) is 12.1 Å². The van der Waals surface area contributed by atoms with Gasteiger partial charge in [-0.05, 0) is 41.8 Å². The number of nitrogens with zero attached hydrogens (tertiary/aromatic N) is 1. The fraction of sp³-hybridized carbons (Fsp3) is 0.300. The van der Waals surface area contributed by atoms with Gasteiger partial charge in [-0.15, -0.1) is 24.0 Å². The van der Waals surface area contributed by atoms with Crippen LogP contribution >= 0.6 is 24.0 Å². The molecule has 0 bridgehead atoms. The number of ether oxygens (including phenoxy) is 1. The van der Waals surface area contributed by atoms with Crippen molar-refractivity contribution in [2.45, 2.75) is 19.1 Å². The molecule has 0 saturated heterocycles. The lowest BCUT2D eigenvalue weighted by atomic mass is 10.1. The lowest BCUT2D eigenvalue weighted by Gasteiger charge is -2.16. The molecule has 31 heavy (non-hydrogen) atoms.